The molecule has 0 aliphatic carbocycles. The van der Waals surface area contributed by atoms with Crippen molar-refractivity contribution in [2.75, 3.05) is 34.5 Å². The molecule has 2 aromatic carbocycles. The zero-order valence-corrected chi connectivity index (χ0v) is 15.8. The van der Waals surface area contributed by atoms with Gasteiger partial charge in [-0.3, -0.25) is 4.99 Å². The van der Waals surface area contributed by atoms with E-state index in [-0.39, 0.29) is 12.2 Å². The minimum Gasteiger partial charge on any atom is -0.497 e. The van der Waals surface area contributed by atoms with Gasteiger partial charge in [0, 0.05) is 19.8 Å². The first-order valence-corrected chi connectivity index (χ1v) is 8.79. The largest absolute Gasteiger partial charge is 0.497 e. The Kier molecular flexibility index (Phi) is 6.58. The third-order valence-corrected chi connectivity index (χ3v) is 4.36. The lowest BCUT2D eigenvalue weighted by molar-refractivity contribution is -0.130. The van der Waals surface area contributed by atoms with Crippen LogP contribution in [0.15, 0.2) is 59.6 Å². The zero-order chi connectivity index (χ0) is 19.1. The Bertz CT molecular complexity index is 718. The molecule has 3 rings (SSSR count). The smallest absolute Gasteiger partial charge is 0.233 e. The maximum atomic E-state index is 6.31. The molecule has 0 radical (unpaired) electrons. The molecule has 2 aromatic rings. The van der Waals surface area contributed by atoms with Crippen LogP contribution in [0.4, 0.5) is 5.69 Å². The Balaban J connectivity index is 1.92. The monoisotopic (exact) mass is 371 g/mol. The molecule has 1 fully saturated rings. The van der Waals surface area contributed by atoms with E-state index in [2.05, 4.69) is 4.99 Å². The standard InChI is InChI=1S/C21H25NO5/c1-23-13-19-20(14-24-2)27-21(26-19,16-7-5-4-6-8-16)15-22-17-9-11-18(25-3)12-10-17/h4-12,15,19-20H,13-14H2,1-3H3/t19-,20-/m0/s1. The first-order chi connectivity index (χ1) is 13.2. The number of hydrogen-bond donors (Lipinski definition) is 0. The summed E-state index contributed by atoms with van der Waals surface area (Å²) in [6.07, 6.45) is 1.16. The van der Waals surface area contributed by atoms with E-state index in [1.807, 2.05) is 54.6 Å². The van der Waals surface area contributed by atoms with Gasteiger partial charge in [-0.05, 0) is 24.3 Å². The second kappa shape index (κ2) is 9.10. The molecule has 6 nitrogen and oxygen atoms in total. The summed E-state index contributed by atoms with van der Waals surface area (Å²) in [5.74, 6) is -0.325. The van der Waals surface area contributed by atoms with Crippen LogP contribution in [0.3, 0.4) is 0 Å². The van der Waals surface area contributed by atoms with Gasteiger partial charge in [-0.1, -0.05) is 30.3 Å². The van der Waals surface area contributed by atoms with Crippen molar-refractivity contribution in [3.63, 3.8) is 0 Å². The van der Waals surface area contributed by atoms with E-state index < -0.39 is 5.79 Å². The van der Waals surface area contributed by atoms with Gasteiger partial charge in [0.15, 0.2) is 0 Å². The van der Waals surface area contributed by atoms with Crippen LogP contribution >= 0.6 is 0 Å². The topological polar surface area (TPSA) is 58.5 Å². The van der Waals surface area contributed by atoms with Gasteiger partial charge in [0.2, 0.25) is 5.79 Å². The Hall–Kier alpha value is -2.25. The van der Waals surface area contributed by atoms with Crippen LogP contribution in [0.25, 0.3) is 0 Å². The fourth-order valence-corrected chi connectivity index (χ4v) is 3.01. The summed E-state index contributed by atoms with van der Waals surface area (Å²) < 4.78 is 28.4. The van der Waals surface area contributed by atoms with Crippen molar-refractivity contribution in [2.24, 2.45) is 4.99 Å². The second-order valence-electron chi connectivity index (χ2n) is 6.21. The molecule has 6 heteroatoms. The van der Waals surface area contributed by atoms with Gasteiger partial charge >= 0.3 is 0 Å². The third kappa shape index (κ3) is 4.54. The number of benzene rings is 2. The lowest BCUT2D eigenvalue weighted by Crippen LogP contribution is -2.30. The molecule has 0 amide bonds. The van der Waals surface area contributed by atoms with Crippen molar-refractivity contribution in [1.29, 1.82) is 0 Å². The molecular weight excluding hydrogens is 346 g/mol. The van der Waals surface area contributed by atoms with Crippen LogP contribution in [-0.2, 0) is 24.7 Å². The fourth-order valence-electron chi connectivity index (χ4n) is 3.01. The predicted molar refractivity (Wildman–Crippen MR) is 103 cm³/mol. The molecule has 1 aliphatic rings. The Morgan fingerprint density at radius 3 is 2.00 bits per heavy atom. The molecule has 27 heavy (non-hydrogen) atoms. The summed E-state index contributed by atoms with van der Waals surface area (Å²) in [6, 6.07) is 17.2. The van der Waals surface area contributed by atoms with Crippen LogP contribution in [-0.4, -0.2) is 53.0 Å². The average Bonchev–Trinajstić information content (AvgIpc) is 3.07. The molecule has 0 aromatic heterocycles. The number of methoxy groups -OCH3 is 3. The van der Waals surface area contributed by atoms with E-state index in [1.165, 1.54) is 0 Å². The number of nitrogens with zero attached hydrogens (tertiary/aromatic N) is 1. The highest BCUT2D eigenvalue weighted by atomic mass is 16.8. The predicted octanol–water partition coefficient (Wildman–Crippen LogP) is 3.33. The van der Waals surface area contributed by atoms with E-state index in [9.17, 15) is 0 Å². The van der Waals surface area contributed by atoms with Gasteiger partial charge in [0.1, 0.15) is 18.0 Å². The molecule has 1 saturated heterocycles. The van der Waals surface area contributed by atoms with Crippen molar-refractivity contribution in [2.45, 2.75) is 18.0 Å². The molecule has 2 atom stereocenters. The van der Waals surface area contributed by atoms with Gasteiger partial charge in [-0.15, -0.1) is 0 Å². The Morgan fingerprint density at radius 1 is 0.889 bits per heavy atom. The van der Waals surface area contributed by atoms with E-state index in [4.69, 9.17) is 23.7 Å². The minimum absolute atomic E-state index is 0.266. The van der Waals surface area contributed by atoms with E-state index in [0.717, 1.165) is 17.0 Å². The first-order valence-electron chi connectivity index (χ1n) is 8.79. The highest BCUT2D eigenvalue weighted by Gasteiger charge is 2.48. The number of rotatable bonds is 8. The first kappa shape index (κ1) is 19.5. The molecule has 0 unspecified atom stereocenters. The summed E-state index contributed by atoms with van der Waals surface area (Å²) in [5.41, 5.74) is 1.64. The molecular formula is C21H25NO5. The minimum atomic E-state index is -1.10. The molecule has 1 aliphatic heterocycles. The number of ether oxygens (including phenoxy) is 5. The highest BCUT2D eigenvalue weighted by molar-refractivity contribution is 5.73. The molecule has 0 saturated carbocycles. The van der Waals surface area contributed by atoms with E-state index in [1.54, 1.807) is 27.5 Å². The van der Waals surface area contributed by atoms with E-state index >= 15 is 0 Å². The van der Waals surface area contributed by atoms with Crippen LogP contribution in [0, 0.1) is 0 Å². The maximum absolute atomic E-state index is 6.31. The lowest BCUT2D eigenvalue weighted by atomic mass is 10.1. The summed E-state index contributed by atoms with van der Waals surface area (Å²) in [7, 11) is 4.91. The quantitative estimate of drug-likeness (QED) is 0.666. The van der Waals surface area contributed by atoms with Crippen molar-refractivity contribution in [3.8, 4) is 5.75 Å². The Labute approximate surface area is 159 Å². The van der Waals surface area contributed by atoms with Gasteiger partial charge in [0.05, 0.1) is 32.2 Å². The maximum Gasteiger partial charge on any atom is 0.233 e. The molecule has 1 heterocycles. The van der Waals surface area contributed by atoms with Crippen molar-refractivity contribution < 1.29 is 23.7 Å². The number of aliphatic imine (C=N–C) groups is 1. The average molecular weight is 371 g/mol. The van der Waals surface area contributed by atoms with Crippen molar-refractivity contribution >= 4 is 11.9 Å². The van der Waals surface area contributed by atoms with Crippen LogP contribution in [0.1, 0.15) is 5.56 Å². The summed E-state index contributed by atoms with van der Waals surface area (Å²) in [4.78, 5) is 4.59. The zero-order valence-electron chi connectivity index (χ0n) is 15.8. The van der Waals surface area contributed by atoms with Gasteiger partial charge in [-0.25, -0.2) is 0 Å². The van der Waals surface area contributed by atoms with Crippen molar-refractivity contribution in [1.82, 2.24) is 0 Å². The highest BCUT2D eigenvalue weighted by Crippen LogP contribution is 2.37. The van der Waals surface area contributed by atoms with Gasteiger partial charge in [-0.2, -0.15) is 0 Å². The second-order valence-corrected chi connectivity index (χ2v) is 6.21. The molecule has 144 valence electrons. The Morgan fingerprint density at radius 2 is 1.48 bits per heavy atom. The fraction of sp³-hybridized carbons (Fsp3) is 0.381. The van der Waals surface area contributed by atoms with Crippen LogP contribution < -0.4 is 4.74 Å². The molecule has 0 N–H and O–H groups in total. The number of hydrogen-bond acceptors (Lipinski definition) is 6. The summed E-state index contributed by atoms with van der Waals surface area (Å²) in [5, 5.41) is 0. The molecule has 0 spiro atoms. The van der Waals surface area contributed by atoms with Gasteiger partial charge < -0.3 is 23.7 Å². The van der Waals surface area contributed by atoms with Gasteiger partial charge in [0.25, 0.3) is 0 Å². The molecule has 0 bridgehead atoms. The van der Waals surface area contributed by atoms with Crippen LogP contribution in [0.2, 0.25) is 0 Å². The summed E-state index contributed by atoms with van der Waals surface area (Å²) >= 11 is 0. The van der Waals surface area contributed by atoms with Crippen molar-refractivity contribution in [3.05, 3.63) is 60.2 Å². The summed E-state index contributed by atoms with van der Waals surface area (Å²) in [6.45, 7) is 0.804. The normalized spacial score (nSPS) is 21.6. The SMILES string of the molecule is COC[C@@H]1OC(C=Nc2ccc(OC)cc2)(c2ccccc2)O[C@H]1COC. The van der Waals surface area contributed by atoms with Crippen LogP contribution in [0.5, 0.6) is 5.75 Å². The third-order valence-electron chi connectivity index (χ3n) is 4.36. The van der Waals surface area contributed by atoms with E-state index in [0.29, 0.717) is 13.2 Å². The lowest BCUT2D eigenvalue weighted by Gasteiger charge is -2.24.